The summed E-state index contributed by atoms with van der Waals surface area (Å²) in [5.41, 5.74) is 5.03. The molecule has 1 unspecified atom stereocenters. The number of nitrogens with two attached hydrogens (primary N) is 1. The van der Waals surface area contributed by atoms with Crippen LogP contribution in [0.4, 0.5) is 5.69 Å². The van der Waals surface area contributed by atoms with Crippen LogP contribution >= 0.6 is 0 Å². The third-order valence-corrected chi connectivity index (χ3v) is 2.19. The van der Waals surface area contributed by atoms with E-state index in [1.54, 1.807) is 18.2 Å². The number of rotatable bonds is 5. The van der Waals surface area contributed by atoms with Gasteiger partial charge in [0.05, 0.1) is 14.2 Å². The van der Waals surface area contributed by atoms with Gasteiger partial charge in [-0.25, -0.2) is 0 Å². The summed E-state index contributed by atoms with van der Waals surface area (Å²) in [6, 6.07) is 4.85. The van der Waals surface area contributed by atoms with E-state index in [1.807, 2.05) is 0 Å². The zero-order valence-electron chi connectivity index (χ0n) is 9.97. The van der Waals surface area contributed by atoms with Gasteiger partial charge in [-0.2, -0.15) is 0 Å². The molecule has 1 atom stereocenters. The van der Waals surface area contributed by atoms with Crippen molar-refractivity contribution in [1.82, 2.24) is 0 Å². The van der Waals surface area contributed by atoms with Crippen LogP contribution in [0.1, 0.15) is 0 Å². The lowest BCUT2D eigenvalue weighted by molar-refractivity contribution is -0.136. The van der Waals surface area contributed by atoms with Gasteiger partial charge in [0.15, 0.2) is 0 Å². The Balaban J connectivity index is 3.02. The second kappa shape index (κ2) is 5.87. The number of methoxy groups -OCH3 is 2. The molecule has 0 radical (unpaired) electrons. The number of anilines is 1. The number of amides is 2. The van der Waals surface area contributed by atoms with Crippen LogP contribution in [0.15, 0.2) is 18.2 Å². The molecular formula is C11H14N2O5. The number of carbonyl (C=O) groups is 2. The number of hydrogen-bond donors (Lipinski definition) is 3. The Hall–Kier alpha value is -2.28. The van der Waals surface area contributed by atoms with E-state index in [1.165, 1.54) is 14.2 Å². The number of aliphatic hydroxyl groups excluding tert-OH is 1. The molecule has 2 amide bonds. The largest absolute Gasteiger partial charge is 0.494 e. The molecule has 0 aliphatic rings. The van der Waals surface area contributed by atoms with Gasteiger partial charge in [0.25, 0.3) is 11.8 Å². The summed E-state index contributed by atoms with van der Waals surface area (Å²) in [4.78, 5) is 22.2. The van der Waals surface area contributed by atoms with Crippen LogP contribution in [0.2, 0.25) is 0 Å². The van der Waals surface area contributed by atoms with Crippen molar-refractivity contribution in [3.63, 3.8) is 0 Å². The molecule has 0 saturated carbocycles. The van der Waals surface area contributed by atoms with E-state index < -0.39 is 17.9 Å². The highest BCUT2D eigenvalue weighted by Gasteiger charge is 2.23. The van der Waals surface area contributed by atoms with Gasteiger partial charge in [0.2, 0.25) is 6.10 Å². The molecule has 0 spiro atoms. The summed E-state index contributed by atoms with van der Waals surface area (Å²) >= 11 is 0. The first kappa shape index (κ1) is 13.8. The Morgan fingerprint density at radius 3 is 2.17 bits per heavy atom. The summed E-state index contributed by atoms with van der Waals surface area (Å²) in [5.74, 6) is -1.43. The highest BCUT2D eigenvalue weighted by Crippen LogP contribution is 2.34. The van der Waals surface area contributed by atoms with E-state index in [4.69, 9.17) is 15.2 Å². The van der Waals surface area contributed by atoms with Crippen molar-refractivity contribution in [1.29, 1.82) is 0 Å². The predicted octanol–water partition coefficient (Wildman–Crippen LogP) is -0.512. The first-order valence-electron chi connectivity index (χ1n) is 5.00. The Labute approximate surface area is 103 Å². The standard InChI is InChI=1S/C11H14N2O5/c1-17-6-4-3-5-7(18-2)8(6)13-11(16)9(14)10(12)15/h3-5,9,14H,1-2H3,(H2,12,15)(H,13,16). The van der Waals surface area contributed by atoms with E-state index in [9.17, 15) is 14.7 Å². The van der Waals surface area contributed by atoms with Gasteiger partial charge in [0.1, 0.15) is 17.2 Å². The maximum Gasteiger partial charge on any atom is 0.263 e. The molecule has 0 bridgehead atoms. The highest BCUT2D eigenvalue weighted by molar-refractivity contribution is 6.09. The van der Waals surface area contributed by atoms with E-state index in [2.05, 4.69) is 5.32 Å². The smallest absolute Gasteiger partial charge is 0.263 e. The fourth-order valence-corrected chi connectivity index (χ4v) is 1.30. The summed E-state index contributed by atoms with van der Waals surface area (Å²) in [7, 11) is 2.82. The van der Waals surface area contributed by atoms with Crippen molar-refractivity contribution in [2.24, 2.45) is 5.73 Å². The average Bonchev–Trinajstić information content (AvgIpc) is 2.37. The molecule has 0 heterocycles. The Bertz CT molecular complexity index is 438. The van der Waals surface area contributed by atoms with Gasteiger partial charge < -0.3 is 25.6 Å². The zero-order chi connectivity index (χ0) is 13.7. The molecule has 0 aromatic heterocycles. The number of nitrogens with one attached hydrogen (secondary N) is 1. The summed E-state index contributed by atoms with van der Waals surface area (Å²) < 4.78 is 10.1. The third kappa shape index (κ3) is 2.89. The number of hydrogen-bond acceptors (Lipinski definition) is 5. The maximum absolute atomic E-state index is 11.5. The van der Waals surface area contributed by atoms with Crippen molar-refractivity contribution in [2.75, 3.05) is 19.5 Å². The fourth-order valence-electron chi connectivity index (χ4n) is 1.30. The molecule has 0 aliphatic heterocycles. The lowest BCUT2D eigenvalue weighted by Gasteiger charge is -2.14. The van der Waals surface area contributed by atoms with Gasteiger partial charge in [-0.15, -0.1) is 0 Å². The van der Waals surface area contributed by atoms with E-state index in [0.717, 1.165) is 0 Å². The molecule has 1 aromatic carbocycles. The number of aliphatic hydroxyl groups is 1. The van der Waals surface area contributed by atoms with Crippen molar-refractivity contribution in [2.45, 2.75) is 6.10 Å². The van der Waals surface area contributed by atoms with Gasteiger partial charge in [-0.3, -0.25) is 9.59 Å². The highest BCUT2D eigenvalue weighted by atomic mass is 16.5. The zero-order valence-corrected chi connectivity index (χ0v) is 9.97. The molecule has 1 rings (SSSR count). The van der Waals surface area contributed by atoms with Crippen LogP contribution in [0.5, 0.6) is 11.5 Å². The summed E-state index contributed by atoms with van der Waals surface area (Å²) in [5, 5.41) is 11.5. The van der Waals surface area contributed by atoms with Crippen LogP contribution in [-0.4, -0.2) is 37.2 Å². The topological polar surface area (TPSA) is 111 Å². The van der Waals surface area contributed by atoms with Gasteiger partial charge >= 0.3 is 0 Å². The van der Waals surface area contributed by atoms with E-state index in [0.29, 0.717) is 11.5 Å². The van der Waals surface area contributed by atoms with E-state index >= 15 is 0 Å². The Morgan fingerprint density at radius 2 is 1.78 bits per heavy atom. The molecule has 4 N–H and O–H groups in total. The summed E-state index contributed by atoms with van der Waals surface area (Å²) in [6.45, 7) is 0. The van der Waals surface area contributed by atoms with Crippen molar-refractivity contribution in [3.05, 3.63) is 18.2 Å². The maximum atomic E-state index is 11.5. The van der Waals surface area contributed by atoms with Crippen LogP contribution < -0.4 is 20.5 Å². The lowest BCUT2D eigenvalue weighted by atomic mass is 10.2. The van der Waals surface area contributed by atoms with Crippen molar-refractivity contribution >= 4 is 17.5 Å². The number of ether oxygens (including phenoxy) is 2. The van der Waals surface area contributed by atoms with Crippen molar-refractivity contribution in [3.8, 4) is 11.5 Å². The quantitative estimate of drug-likeness (QED) is 0.613. The second-order valence-electron chi connectivity index (χ2n) is 3.33. The Kier molecular flexibility index (Phi) is 4.50. The number of primary amides is 1. The van der Waals surface area contributed by atoms with Crippen molar-refractivity contribution < 1.29 is 24.2 Å². The fraction of sp³-hybridized carbons (Fsp3) is 0.273. The number of carbonyl (C=O) groups excluding carboxylic acids is 2. The van der Waals surface area contributed by atoms with Crippen LogP contribution in [0.3, 0.4) is 0 Å². The molecule has 0 saturated heterocycles. The van der Waals surface area contributed by atoms with Crippen LogP contribution in [0, 0.1) is 0 Å². The first-order valence-corrected chi connectivity index (χ1v) is 5.00. The molecular weight excluding hydrogens is 240 g/mol. The van der Waals surface area contributed by atoms with Crippen LogP contribution in [-0.2, 0) is 9.59 Å². The SMILES string of the molecule is COc1cccc(OC)c1NC(=O)C(O)C(N)=O. The molecule has 18 heavy (non-hydrogen) atoms. The molecule has 98 valence electrons. The average molecular weight is 254 g/mol. The summed E-state index contributed by atoms with van der Waals surface area (Å²) in [6.07, 6.45) is -1.93. The van der Waals surface area contributed by atoms with Gasteiger partial charge in [0, 0.05) is 0 Å². The number of para-hydroxylation sites is 1. The lowest BCUT2D eigenvalue weighted by Crippen LogP contribution is -2.39. The minimum Gasteiger partial charge on any atom is -0.494 e. The minimum absolute atomic E-state index is 0.216. The number of benzene rings is 1. The van der Waals surface area contributed by atoms with Gasteiger partial charge in [-0.05, 0) is 12.1 Å². The monoisotopic (exact) mass is 254 g/mol. The normalized spacial score (nSPS) is 11.5. The molecule has 7 nitrogen and oxygen atoms in total. The van der Waals surface area contributed by atoms with Gasteiger partial charge in [-0.1, -0.05) is 6.07 Å². The third-order valence-electron chi connectivity index (χ3n) is 2.19. The minimum atomic E-state index is -1.93. The van der Waals surface area contributed by atoms with Crippen LogP contribution in [0.25, 0.3) is 0 Å². The second-order valence-corrected chi connectivity index (χ2v) is 3.33. The molecule has 1 aromatic rings. The van der Waals surface area contributed by atoms with E-state index in [-0.39, 0.29) is 5.69 Å². The Morgan fingerprint density at radius 1 is 1.28 bits per heavy atom. The molecule has 7 heteroatoms. The molecule has 0 fully saturated rings. The molecule has 0 aliphatic carbocycles. The predicted molar refractivity (Wildman–Crippen MR) is 63.4 cm³/mol. The first-order chi connectivity index (χ1) is 8.51.